The van der Waals surface area contributed by atoms with Gasteiger partial charge in [0, 0.05) is 6.54 Å². The van der Waals surface area contributed by atoms with Gasteiger partial charge >= 0.3 is 0 Å². The van der Waals surface area contributed by atoms with Crippen LogP contribution in [0, 0.1) is 4.91 Å². The molecular formula is C8H16N2O. The van der Waals surface area contributed by atoms with Gasteiger partial charge in [-0.3, -0.25) is 5.01 Å². The number of hydrogen-bond acceptors (Lipinski definition) is 2. The van der Waals surface area contributed by atoms with Crippen LogP contribution in [0.15, 0.2) is 5.29 Å². The molecule has 0 spiro atoms. The average molecular weight is 156 g/mol. The maximum Gasteiger partial charge on any atom is 0.0526 e. The van der Waals surface area contributed by atoms with Gasteiger partial charge in [-0.2, -0.15) is 0 Å². The first kappa shape index (κ1) is 8.50. The standard InChI is InChI=1S/C8H16N2O/c1-2-10(9-11)8-6-4-3-5-7-8/h8H,2-7H2,1H3. The van der Waals surface area contributed by atoms with Crippen molar-refractivity contribution in [3.8, 4) is 0 Å². The Morgan fingerprint density at radius 3 is 2.45 bits per heavy atom. The number of nitroso groups, excluding NO2 is 1. The summed E-state index contributed by atoms with van der Waals surface area (Å²) in [6, 6.07) is 0.436. The van der Waals surface area contributed by atoms with Crippen LogP contribution in [-0.2, 0) is 0 Å². The summed E-state index contributed by atoms with van der Waals surface area (Å²) in [7, 11) is 0. The highest BCUT2D eigenvalue weighted by Crippen LogP contribution is 2.22. The Labute approximate surface area is 67.7 Å². The molecule has 0 aromatic rings. The van der Waals surface area contributed by atoms with Gasteiger partial charge in [0.15, 0.2) is 0 Å². The fourth-order valence-corrected chi connectivity index (χ4v) is 1.76. The molecular weight excluding hydrogens is 140 g/mol. The fourth-order valence-electron chi connectivity index (χ4n) is 1.76. The van der Waals surface area contributed by atoms with Gasteiger partial charge in [0.1, 0.15) is 0 Å². The topological polar surface area (TPSA) is 32.7 Å². The second-order valence-electron chi connectivity index (χ2n) is 3.13. The average Bonchev–Trinajstić information content (AvgIpc) is 2.09. The van der Waals surface area contributed by atoms with Gasteiger partial charge in [0.25, 0.3) is 0 Å². The van der Waals surface area contributed by atoms with E-state index in [1.165, 1.54) is 19.3 Å². The largest absolute Gasteiger partial charge is 0.258 e. The Hall–Kier alpha value is -0.600. The summed E-state index contributed by atoms with van der Waals surface area (Å²) in [4.78, 5) is 10.3. The first-order chi connectivity index (χ1) is 5.38. The molecule has 0 aromatic carbocycles. The van der Waals surface area contributed by atoms with E-state index in [0.717, 1.165) is 19.4 Å². The van der Waals surface area contributed by atoms with Crippen molar-refractivity contribution in [2.45, 2.75) is 45.1 Å². The predicted molar refractivity (Wildman–Crippen MR) is 45.0 cm³/mol. The first-order valence-corrected chi connectivity index (χ1v) is 4.48. The van der Waals surface area contributed by atoms with Crippen LogP contribution in [0.2, 0.25) is 0 Å². The molecule has 0 saturated heterocycles. The van der Waals surface area contributed by atoms with E-state index in [0.29, 0.717) is 6.04 Å². The molecule has 0 amide bonds. The van der Waals surface area contributed by atoms with Crippen LogP contribution in [0.25, 0.3) is 0 Å². The van der Waals surface area contributed by atoms with E-state index in [-0.39, 0.29) is 0 Å². The highest BCUT2D eigenvalue weighted by atomic mass is 16.3. The van der Waals surface area contributed by atoms with Crippen LogP contribution in [0.3, 0.4) is 0 Å². The van der Waals surface area contributed by atoms with Crippen LogP contribution in [0.5, 0.6) is 0 Å². The fraction of sp³-hybridized carbons (Fsp3) is 1.00. The lowest BCUT2D eigenvalue weighted by molar-refractivity contribution is 0.167. The third-order valence-corrected chi connectivity index (χ3v) is 2.43. The SMILES string of the molecule is CCN(N=O)C1CCCCC1. The van der Waals surface area contributed by atoms with E-state index in [4.69, 9.17) is 0 Å². The van der Waals surface area contributed by atoms with Crippen LogP contribution in [0.1, 0.15) is 39.0 Å². The van der Waals surface area contributed by atoms with Crippen molar-refractivity contribution in [1.29, 1.82) is 0 Å². The Balaban J connectivity index is 2.35. The van der Waals surface area contributed by atoms with Crippen LogP contribution >= 0.6 is 0 Å². The lowest BCUT2D eigenvalue weighted by Gasteiger charge is -2.28. The number of rotatable bonds is 3. The van der Waals surface area contributed by atoms with E-state index in [1.807, 2.05) is 6.92 Å². The van der Waals surface area contributed by atoms with Gasteiger partial charge < -0.3 is 0 Å². The summed E-state index contributed by atoms with van der Waals surface area (Å²) >= 11 is 0. The minimum Gasteiger partial charge on any atom is -0.258 e. The molecule has 1 rings (SSSR count). The molecule has 11 heavy (non-hydrogen) atoms. The van der Waals surface area contributed by atoms with Crippen LogP contribution < -0.4 is 0 Å². The molecule has 1 fully saturated rings. The highest BCUT2D eigenvalue weighted by molar-refractivity contribution is 4.72. The minimum atomic E-state index is 0.436. The number of hydrogen-bond donors (Lipinski definition) is 0. The third kappa shape index (κ3) is 2.17. The molecule has 0 radical (unpaired) electrons. The smallest absolute Gasteiger partial charge is 0.0526 e. The van der Waals surface area contributed by atoms with Crippen molar-refractivity contribution in [3.63, 3.8) is 0 Å². The van der Waals surface area contributed by atoms with Crippen molar-refractivity contribution < 1.29 is 0 Å². The molecule has 0 unspecified atom stereocenters. The molecule has 1 aliphatic rings. The van der Waals surface area contributed by atoms with Gasteiger partial charge in [-0.1, -0.05) is 19.3 Å². The van der Waals surface area contributed by atoms with E-state index >= 15 is 0 Å². The van der Waals surface area contributed by atoms with Crippen LogP contribution in [0.4, 0.5) is 0 Å². The quantitative estimate of drug-likeness (QED) is 0.464. The minimum absolute atomic E-state index is 0.436. The summed E-state index contributed by atoms with van der Waals surface area (Å²) in [6.45, 7) is 2.74. The molecule has 0 heterocycles. The molecule has 0 aromatic heterocycles. The molecule has 0 N–H and O–H groups in total. The second kappa shape index (κ2) is 4.31. The van der Waals surface area contributed by atoms with Gasteiger partial charge in [0.2, 0.25) is 0 Å². The molecule has 3 heteroatoms. The van der Waals surface area contributed by atoms with E-state index in [9.17, 15) is 4.91 Å². The number of nitrogens with zero attached hydrogens (tertiary/aromatic N) is 2. The first-order valence-electron chi connectivity index (χ1n) is 4.48. The zero-order valence-electron chi connectivity index (χ0n) is 7.12. The lowest BCUT2D eigenvalue weighted by Crippen LogP contribution is -2.31. The Bertz CT molecular complexity index is 121. The normalized spacial score (nSPS) is 19.7. The molecule has 1 saturated carbocycles. The van der Waals surface area contributed by atoms with Crippen molar-refractivity contribution in [2.75, 3.05) is 6.54 Å². The molecule has 0 atom stereocenters. The van der Waals surface area contributed by atoms with E-state index in [2.05, 4.69) is 5.29 Å². The Morgan fingerprint density at radius 2 is 2.00 bits per heavy atom. The molecule has 0 aliphatic heterocycles. The maximum atomic E-state index is 10.3. The molecule has 3 nitrogen and oxygen atoms in total. The van der Waals surface area contributed by atoms with Crippen molar-refractivity contribution >= 4 is 0 Å². The van der Waals surface area contributed by atoms with Gasteiger partial charge in [-0.05, 0) is 19.8 Å². The molecule has 1 aliphatic carbocycles. The molecule has 0 bridgehead atoms. The van der Waals surface area contributed by atoms with Gasteiger partial charge in [-0.25, -0.2) is 0 Å². The zero-order valence-corrected chi connectivity index (χ0v) is 7.12. The van der Waals surface area contributed by atoms with Gasteiger partial charge in [-0.15, -0.1) is 4.91 Å². The Morgan fingerprint density at radius 1 is 1.36 bits per heavy atom. The second-order valence-corrected chi connectivity index (χ2v) is 3.13. The van der Waals surface area contributed by atoms with Crippen molar-refractivity contribution in [2.24, 2.45) is 5.29 Å². The van der Waals surface area contributed by atoms with Crippen molar-refractivity contribution in [3.05, 3.63) is 4.91 Å². The Kier molecular flexibility index (Phi) is 3.33. The summed E-state index contributed by atoms with van der Waals surface area (Å²) in [5, 5.41) is 4.69. The maximum absolute atomic E-state index is 10.3. The predicted octanol–water partition coefficient (Wildman–Crippen LogP) is 2.32. The summed E-state index contributed by atoms with van der Waals surface area (Å²) < 4.78 is 0. The van der Waals surface area contributed by atoms with E-state index < -0.39 is 0 Å². The van der Waals surface area contributed by atoms with Gasteiger partial charge in [0.05, 0.1) is 11.3 Å². The summed E-state index contributed by atoms with van der Waals surface area (Å²) in [6.07, 6.45) is 6.15. The monoisotopic (exact) mass is 156 g/mol. The summed E-state index contributed by atoms with van der Waals surface area (Å²) in [5.74, 6) is 0. The lowest BCUT2D eigenvalue weighted by atomic mass is 9.95. The third-order valence-electron chi connectivity index (χ3n) is 2.43. The van der Waals surface area contributed by atoms with Crippen LogP contribution in [-0.4, -0.2) is 17.6 Å². The highest BCUT2D eigenvalue weighted by Gasteiger charge is 2.18. The zero-order chi connectivity index (χ0) is 8.10. The molecule has 64 valence electrons. The van der Waals surface area contributed by atoms with E-state index in [1.54, 1.807) is 5.01 Å². The summed E-state index contributed by atoms with van der Waals surface area (Å²) in [5.41, 5.74) is 0. The van der Waals surface area contributed by atoms with Crippen molar-refractivity contribution in [1.82, 2.24) is 5.01 Å².